The van der Waals surface area contributed by atoms with E-state index >= 15 is 0 Å². The van der Waals surface area contributed by atoms with E-state index in [0.717, 1.165) is 18.4 Å². The van der Waals surface area contributed by atoms with E-state index in [1.807, 2.05) is 13.8 Å². The van der Waals surface area contributed by atoms with Crippen LogP contribution < -0.4 is 5.32 Å². The Morgan fingerprint density at radius 3 is 2.25 bits per heavy atom. The molecule has 8 nitrogen and oxygen atoms in total. The zero-order chi connectivity index (χ0) is 23.7. The van der Waals surface area contributed by atoms with Crippen molar-refractivity contribution in [3.8, 4) is 0 Å². The summed E-state index contributed by atoms with van der Waals surface area (Å²) in [5, 5.41) is 2.92. The summed E-state index contributed by atoms with van der Waals surface area (Å²) in [5.41, 5.74) is 0.340. The van der Waals surface area contributed by atoms with Crippen LogP contribution in [-0.2, 0) is 25.7 Å². The lowest BCUT2D eigenvalue weighted by Crippen LogP contribution is -2.58. The maximum absolute atomic E-state index is 13.3. The summed E-state index contributed by atoms with van der Waals surface area (Å²) in [6.45, 7) is 10.1. The minimum absolute atomic E-state index is 0.158. The van der Waals surface area contributed by atoms with Gasteiger partial charge in [0, 0.05) is 25.1 Å². The molecule has 0 radical (unpaired) electrons. The SMILES string of the molecule is CC(C)(C)OC(=O)N1CCCC(C)(C)C1C(=O)Nc1ccc(CN2C(=O)CCC2=O)cc1. The van der Waals surface area contributed by atoms with Gasteiger partial charge in [-0.05, 0) is 56.7 Å². The molecule has 4 amide bonds. The molecule has 1 unspecified atom stereocenters. The molecule has 1 aromatic rings. The van der Waals surface area contributed by atoms with Crippen LogP contribution in [0.5, 0.6) is 0 Å². The van der Waals surface area contributed by atoms with Crippen LogP contribution in [0.15, 0.2) is 24.3 Å². The fraction of sp³-hybridized carbons (Fsp3) is 0.583. The van der Waals surface area contributed by atoms with Crippen LogP contribution in [0.2, 0.25) is 0 Å². The number of anilines is 1. The Bertz CT molecular complexity index is 885. The lowest BCUT2D eigenvalue weighted by Gasteiger charge is -2.45. The fourth-order valence-corrected chi connectivity index (χ4v) is 4.29. The van der Waals surface area contributed by atoms with E-state index in [4.69, 9.17) is 4.74 Å². The van der Waals surface area contributed by atoms with Gasteiger partial charge in [0.1, 0.15) is 11.6 Å². The van der Waals surface area contributed by atoms with Crippen molar-refractivity contribution < 1.29 is 23.9 Å². The first-order valence-corrected chi connectivity index (χ1v) is 11.1. The first kappa shape index (κ1) is 23.8. The molecule has 0 saturated carbocycles. The summed E-state index contributed by atoms with van der Waals surface area (Å²) < 4.78 is 5.54. The Balaban J connectivity index is 1.71. The Morgan fingerprint density at radius 2 is 1.69 bits per heavy atom. The molecule has 3 rings (SSSR count). The first-order valence-electron chi connectivity index (χ1n) is 11.1. The summed E-state index contributed by atoms with van der Waals surface area (Å²) in [7, 11) is 0. The van der Waals surface area contributed by atoms with Crippen LogP contribution in [0.4, 0.5) is 10.5 Å². The molecule has 2 heterocycles. The maximum Gasteiger partial charge on any atom is 0.410 e. The third-order valence-electron chi connectivity index (χ3n) is 5.87. The van der Waals surface area contributed by atoms with Gasteiger partial charge in [0.05, 0.1) is 6.54 Å². The van der Waals surface area contributed by atoms with Crippen molar-refractivity contribution in [2.45, 2.75) is 78.5 Å². The van der Waals surface area contributed by atoms with Crippen LogP contribution in [-0.4, -0.2) is 51.8 Å². The van der Waals surface area contributed by atoms with Crippen LogP contribution in [0.3, 0.4) is 0 Å². The second kappa shape index (κ2) is 8.92. The van der Waals surface area contributed by atoms with Crippen LogP contribution >= 0.6 is 0 Å². The monoisotopic (exact) mass is 443 g/mol. The van der Waals surface area contributed by atoms with Crippen molar-refractivity contribution in [3.05, 3.63) is 29.8 Å². The predicted octanol–water partition coefficient (Wildman–Crippen LogP) is 3.70. The minimum atomic E-state index is -0.661. The van der Waals surface area contributed by atoms with Crippen LogP contribution in [0, 0.1) is 5.41 Å². The van der Waals surface area contributed by atoms with Crippen molar-refractivity contribution in [2.75, 3.05) is 11.9 Å². The standard InChI is InChI=1S/C24H33N3O5/c1-23(2,3)32-22(31)26-14-6-13-24(4,5)20(26)21(30)25-17-9-7-16(8-10-17)15-27-18(28)11-12-19(27)29/h7-10,20H,6,11-15H2,1-5H3,(H,25,30). The molecule has 1 atom stereocenters. The number of carbonyl (C=O) groups excluding carboxylic acids is 4. The normalized spacial score (nSPS) is 21.0. The number of hydrogen-bond acceptors (Lipinski definition) is 5. The number of hydrogen-bond donors (Lipinski definition) is 1. The largest absolute Gasteiger partial charge is 0.444 e. The summed E-state index contributed by atoms with van der Waals surface area (Å²) in [5.74, 6) is -0.582. The van der Waals surface area contributed by atoms with Crippen LogP contribution in [0.25, 0.3) is 0 Å². The number of rotatable bonds is 4. The highest BCUT2D eigenvalue weighted by molar-refractivity contribution is 6.02. The number of ether oxygens (including phenoxy) is 1. The van der Waals surface area contributed by atoms with Crippen molar-refractivity contribution in [3.63, 3.8) is 0 Å². The second-order valence-corrected chi connectivity index (χ2v) is 10.2. The molecule has 1 aromatic carbocycles. The van der Waals surface area contributed by atoms with Crippen molar-refractivity contribution in [1.29, 1.82) is 0 Å². The molecule has 174 valence electrons. The summed E-state index contributed by atoms with van der Waals surface area (Å²) in [4.78, 5) is 52.5. The van der Waals surface area contributed by atoms with E-state index in [1.54, 1.807) is 45.0 Å². The van der Waals surface area contributed by atoms with Gasteiger partial charge in [0.25, 0.3) is 0 Å². The highest BCUT2D eigenvalue weighted by atomic mass is 16.6. The Labute approximate surface area is 189 Å². The first-order chi connectivity index (χ1) is 14.9. The Morgan fingerprint density at radius 1 is 1.09 bits per heavy atom. The highest BCUT2D eigenvalue weighted by Crippen LogP contribution is 2.36. The van der Waals surface area contributed by atoms with Crippen molar-refractivity contribution in [1.82, 2.24) is 9.80 Å². The predicted molar refractivity (Wildman–Crippen MR) is 120 cm³/mol. The molecule has 2 aliphatic rings. The average Bonchev–Trinajstić information content (AvgIpc) is 2.99. The molecule has 2 aliphatic heterocycles. The van der Waals surface area contributed by atoms with Gasteiger partial charge in [-0.2, -0.15) is 0 Å². The molecule has 8 heteroatoms. The molecule has 0 spiro atoms. The third kappa shape index (κ3) is 5.47. The van der Waals surface area contributed by atoms with Gasteiger partial charge in [-0.1, -0.05) is 26.0 Å². The smallest absolute Gasteiger partial charge is 0.410 e. The number of nitrogens with one attached hydrogen (secondary N) is 1. The highest BCUT2D eigenvalue weighted by Gasteiger charge is 2.45. The molecular weight excluding hydrogens is 410 g/mol. The Hall–Kier alpha value is -2.90. The zero-order valence-electron chi connectivity index (χ0n) is 19.6. The summed E-state index contributed by atoms with van der Waals surface area (Å²) >= 11 is 0. The average molecular weight is 444 g/mol. The fourth-order valence-electron chi connectivity index (χ4n) is 4.29. The van der Waals surface area contributed by atoms with Crippen LogP contribution in [0.1, 0.15) is 65.9 Å². The Kier molecular flexibility index (Phi) is 6.62. The van der Waals surface area contributed by atoms with Crippen molar-refractivity contribution >= 4 is 29.5 Å². The molecule has 0 aliphatic carbocycles. The van der Waals surface area contributed by atoms with E-state index in [9.17, 15) is 19.2 Å². The van der Waals surface area contributed by atoms with E-state index < -0.39 is 23.2 Å². The third-order valence-corrected chi connectivity index (χ3v) is 5.87. The van der Waals surface area contributed by atoms with E-state index in [0.29, 0.717) is 12.2 Å². The molecule has 0 bridgehead atoms. The van der Waals surface area contributed by atoms with Crippen molar-refractivity contribution in [2.24, 2.45) is 5.41 Å². The van der Waals surface area contributed by atoms with Gasteiger partial charge in [-0.25, -0.2) is 4.79 Å². The van der Waals surface area contributed by atoms with Gasteiger partial charge in [0.15, 0.2) is 0 Å². The van der Waals surface area contributed by atoms with Gasteiger partial charge >= 0.3 is 6.09 Å². The van der Waals surface area contributed by atoms with Gasteiger partial charge in [0.2, 0.25) is 17.7 Å². The molecule has 1 N–H and O–H groups in total. The molecule has 2 saturated heterocycles. The molecule has 2 fully saturated rings. The minimum Gasteiger partial charge on any atom is -0.444 e. The second-order valence-electron chi connectivity index (χ2n) is 10.2. The number of carbonyl (C=O) groups is 4. The quantitative estimate of drug-likeness (QED) is 0.716. The van der Waals surface area contributed by atoms with Gasteiger partial charge < -0.3 is 10.1 Å². The van der Waals surface area contributed by atoms with E-state index in [2.05, 4.69) is 5.32 Å². The summed E-state index contributed by atoms with van der Waals surface area (Å²) in [6, 6.07) is 6.39. The molecular formula is C24H33N3O5. The lowest BCUT2D eigenvalue weighted by molar-refractivity contribution is -0.139. The topological polar surface area (TPSA) is 96.0 Å². The molecule has 0 aromatic heterocycles. The number of benzene rings is 1. The summed E-state index contributed by atoms with van der Waals surface area (Å²) in [6.07, 6.45) is 1.66. The number of piperidine rings is 1. The number of amides is 4. The maximum atomic E-state index is 13.3. The van der Waals surface area contributed by atoms with E-state index in [1.165, 1.54) is 9.80 Å². The van der Waals surface area contributed by atoms with Gasteiger partial charge in [-0.3, -0.25) is 24.2 Å². The lowest BCUT2D eigenvalue weighted by atomic mass is 9.76. The van der Waals surface area contributed by atoms with Gasteiger partial charge in [-0.15, -0.1) is 0 Å². The number of imide groups is 1. The number of nitrogens with zero attached hydrogens (tertiary/aromatic N) is 2. The van der Waals surface area contributed by atoms with E-state index in [-0.39, 0.29) is 37.1 Å². The molecule has 32 heavy (non-hydrogen) atoms. The zero-order valence-corrected chi connectivity index (χ0v) is 19.6. The number of likely N-dealkylation sites (tertiary alicyclic amines) is 2.